The smallest absolute Gasteiger partial charge is 0.178 e. The van der Waals surface area contributed by atoms with Crippen LogP contribution in [0.25, 0.3) is 11.0 Å². The molecule has 1 unspecified atom stereocenters. The quantitative estimate of drug-likeness (QED) is 0.691. The fourth-order valence-corrected chi connectivity index (χ4v) is 2.93. The molecule has 0 amide bonds. The first kappa shape index (κ1) is 14.6. The molecule has 1 atom stereocenters. The van der Waals surface area contributed by atoms with Crippen LogP contribution < -0.4 is 0 Å². The summed E-state index contributed by atoms with van der Waals surface area (Å²) < 4.78 is 2.99. The summed E-state index contributed by atoms with van der Waals surface area (Å²) in [5.41, 5.74) is 2.19. The lowest BCUT2D eigenvalue weighted by molar-refractivity contribution is 0.393. The molecule has 0 fully saturated rings. The molecule has 2 nitrogen and oxygen atoms in total. The van der Waals surface area contributed by atoms with Crippen molar-refractivity contribution in [1.82, 2.24) is 9.55 Å². The Bertz CT molecular complexity index is 600. The molecular weight excluding hydrogens is 276 g/mol. The van der Waals surface area contributed by atoms with E-state index in [9.17, 15) is 0 Å². The Morgan fingerprint density at radius 2 is 2.16 bits per heavy atom. The minimum atomic E-state index is 0.685. The van der Waals surface area contributed by atoms with Crippen LogP contribution in [0.4, 0.5) is 0 Å². The van der Waals surface area contributed by atoms with Gasteiger partial charge < -0.3 is 9.55 Å². The van der Waals surface area contributed by atoms with E-state index in [1.807, 2.05) is 18.2 Å². The summed E-state index contributed by atoms with van der Waals surface area (Å²) in [4.78, 5) is 3.26. The molecule has 1 aromatic carbocycles. The molecule has 0 radical (unpaired) electrons. The molecule has 0 saturated heterocycles. The maximum Gasteiger partial charge on any atom is 0.178 e. The van der Waals surface area contributed by atoms with Gasteiger partial charge in [0, 0.05) is 11.6 Å². The van der Waals surface area contributed by atoms with Crippen LogP contribution in [0.3, 0.4) is 0 Å². The van der Waals surface area contributed by atoms with Gasteiger partial charge in [0.1, 0.15) is 0 Å². The van der Waals surface area contributed by atoms with Crippen LogP contribution >= 0.6 is 23.8 Å². The van der Waals surface area contributed by atoms with Gasteiger partial charge in [-0.25, -0.2) is 0 Å². The van der Waals surface area contributed by atoms with Crippen molar-refractivity contribution in [2.45, 2.75) is 46.1 Å². The second kappa shape index (κ2) is 6.58. The van der Waals surface area contributed by atoms with Crippen molar-refractivity contribution in [2.24, 2.45) is 5.92 Å². The van der Waals surface area contributed by atoms with Crippen molar-refractivity contribution in [3.05, 3.63) is 28.0 Å². The topological polar surface area (TPSA) is 20.7 Å². The van der Waals surface area contributed by atoms with Crippen LogP contribution in [-0.2, 0) is 6.54 Å². The molecule has 0 spiro atoms. The Morgan fingerprint density at radius 3 is 2.84 bits per heavy atom. The van der Waals surface area contributed by atoms with Gasteiger partial charge in [0.15, 0.2) is 4.77 Å². The van der Waals surface area contributed by atoms with E-state index < -0.39 is 0 Å². The van der Waals surface area contributed by atoms with Gasteiger partial charge in [-0.2, -0.15) is 0 Å². The molecule has 104 valence electrons. The summed E-state index contributed by atoms with van der Waals surface area (Å²) in [6, 6.07) is 5.89. The average Bonchev–Trinajstić information content (AvgIpc) is 2.70. The molecule has 2 rings (SSSR count). The zero-order chi connectivity index (χ0) is 13.8. The van der Waals surface area contributed by atoms with Gasteiger partial charge in [-0.05, 0) is 42.8 Å². The molecule has 0 aliphatic carbocycles. The van der Waals surface area contributed by atoms with Crippen molar-refractivity contribution in [3.8, 4) is 0 Å². The van der Waals surface area contributed by atoms with E-state index >= 15 is 0 Å². The number of unbranched alkanes of at least 4 members (excludes halogenated alkanes) is 1. The molecule has 0 aliphatic heterocycles. The number of halogens is 1. The predicted molar refractivity (Wildman–Crippen MR) is 85.4 cm³/mol. The highest BCUT2D eigenvalue weighted by Crippen LogP contribution is 2.22. The van der Waals surface area contributed by atoms with Gasteiger partial charge in [0.2, 0.25) is 0 Å². The van der Waals surface area contributed by atoms with Crippen LogP contribution in [0, 0.1) is 10.7 Å². The third kappa shape index (κ3) is 3.40. The second-order valence-corrected chi connectivity index (χ2v) is 5.94. The third-order valence-electron chi connectivity index (χ3n) is 3.72. The highest BCUT2D eigenvalue weighted by atomic mass is 35.5. The fourth-order valence-electron chi connectivity index (χ4n) is 2.48. The number of benzene rings is 1. The summed E-state index contributed by atoms with van der Waals surface area (Å²) in [5, 5.41) is 0.761. The SMILES string of the molecule is CCCCC(CC)Cn1c(=S)[nH]c2ccc(Cl)cc21. The van der Waals surface area contributed by atoms with Crippen molar-refractivity contribution in [2.75, 3.05) is 0 Å². The zero-order valence-corrected chi connectivity index (χ0v) is 13.2. The number of hydrogen-bond acceptors (Lipinski definition) is 1. The van der Waals surface area contributed by atoms with Gasteiger partial charge in [-0.1, -0.05) is 44.7 Å². The lowest BCUT2D eigenvalue weighted by atomic mass is 9.99. The Morgan fingerprint density at radius 1 is 1.37 bits per heavy atom. The van der Waals surface area contributed by atoms with Gasteiger partial charge in [-0.15, -0.1) is 0 Å². The van der Waals surface area contributed by atoms with Crippen molar-refractivity contribution in [1.29, 1.82) is 0 Å². The number of imidazole rings is 1. The number of fused-ring (bicyclic) bond motifs is 1. The van der Waals surface area contributed by atoms with Gasteiger partial charge in [0.05, 0.1) is 11.0 Å². The summed E-state index contributed by atoms with van der Waals surface area (Å²) in [5.74, 6) is 0.685. The number of H-pyrrole nitrogens is 1. The van der Waals surface area contributed by atoms with E-state index in [0.29, 0.717) is 5.92 Å². The molecule has 4 heteroatoms. The lowest BCUT2D eigenvalue weighted by Crippen LogP contribution is -2.10. The predicted octanol–water partition coefficient (Wildman–Crippen LogP) is 5.57. The first-order chi connectivity index (χ1) is 9.15. The molecule has 0 saturated carbocycles. The zero-order valence-electron chi connectivity index (χ0n) is 11.6. The number of rotatable bonds is 6. The molecule has 1 heterocycles. The lowest BCUT2D eigenvalue weighted by Gasteiger charge is -2.15. The van der Waals surface area contributed by atoms with Crippen LogP contribution in [0.1, 0.15) is 39.5 Å². The van der Waals surface area contributed by atoms with E-state index in [2.05, 4.69) is 23.4 Å². The van der Waals surface area contributed by atoms with Crippen LogP contribution in [0.2, 0.25) is 5.02 Å². The van der Waals surface area contributed by atoms with Gasteiger partial charge >= 0.3 is 0 Å². The second-order valence-electron chi connectivity index (χ2n) is 5.12. The fraction of sp³-hybridized carbons (Fsp3) is 0.533. The van der Waals surface area contributed by atoms with Crippen molar-refractivity contribution in [3.63, 3.8) is 0 Å². The highest BCUT2D eigenvalue weighted by molar-refractivity contribution is 7.71. The summed E-state index contributed by atoms with van der Waals surface area (Å²) in [6.07, 6.45) is 4.99. The number of aromatic nitrogens is 2. The summed E-state index contributed by atoms with van der Waals surface area (Å²) in [6.45, 7) is 5.48. The molecule has 19 heavy (non-hydrogen) atoms. The van der Waals surface area contributed by atoms with Crippen molar-refractivity contribution < 1.29 is 0 Å². The monoisotopic (exact) mass is 296 g/mol. The Labute approximate surface area is 124 Å². The molecule has 2 aromatic rings. The van der Waals surface area contributed by atoms with E-state index in [0.717, 1.165) is 27.4 Å². The van der Waals surface area contributed by atoms with E-state index in [1.54, 1.807) is 0 Å². The Hall–Kier alpha value is -0.800. The third-order valence-corrected chi connectivity index (χ3v) is 4.28. The first-order valence-corrected chi connectivity index (χ1v) is 7.82. The Kier molecular flexibility index (Phi) is 5.06. The van der Waals surface area contributed by atoms with Gasteiger partial charge in [0.25, 0.3) is 0 Å². The van der Waals surface area contributed by atoms with E-state index in [1.165, 1.54) is 25.7 Å². The highest BCUT2D eigenvalue weighted by Gasteiger charge is 2.11. The molecular formula is C15H21ClN2S. The number of nitrogens with one attached hydrogen (secondary N) is 1. The minimum Gasteiger partial charge on any atom is -0.331 e. The van der Waals surface area contributed by atoms with Crippen LogP contribution in [0.15, 0.2) is 18.2 Å². The minimum absolute atomic E-state index is 0.685. The van der Waals surface area contributed by atoms with Crippen LogP contribution in [0.5, 0.6) is 0 Å². The normalized spacial score (nSPS) is 13.0. The molecule has 1 N–H and O–H groups in total. The first-order valence-electron chi connectivity index (χ1n) is 7.03. The largest absolute Gasteiger partial charge is 0.331 e. The summed E-state index contributed by atoms with van der Waals surface area (Å²) >= 11 is 11.5. The number of hydrogen-bond donors (Lipinski definition) is 1. The average molecular weight is 297 g/mol. The Balaban J connectivity index is 2.30. The van der Waals surface area contributed by atoms with Crippen molar-refractivity contribution >= 4 is 34.9 Å². The number of aromatic amines is 1. The van der Waals surface area contributed by atoms with E-state index in [-0.39, 0.29) is 0 Å². The summed E-state index contributed by atoms with van der Waals surface area (Å²) in [7, 11) is 0. The molecule has 0 bridgehead atoms. The number of nitrogens with zero attached hydrogens (tertiary/aromatic N) is 1. The standard InChI is InChI=1S/C15H21ClN2S/c1-3-5-6-11(4-2)10-18-14-9-12(16)7-8-13(14)17-15(18)19/h7-9,11H,3-6,10H2,1-2H3,(H,17,19). The molecule has 1 aromatic heterocycles. The maximum atomic E-state index is 6.09. The van der Waals surface area contributed by atoms with Crippen LogP contribution in [-0.4, -0.2) is 9.55 Å². The van der Waals surface area contributed by atoms with Gasteiger partial charge in [-0.3, -0.25) is 0 Å². The molecule has 0 aliphatic rings. The van der Waals surface area contributed by atoms with E-state index in [4.69, 9.17) is 23.8 Å². The maximum absolute atomic E-state index is 6.09.